The summed E-state index contributed by atoms with van der Waals surface area (Å²) in [5.41, 5.74) is 0.946. The maximum atomic E-state index is 11.9. The number of hydrogen-bond acceptors (Lipinski definition) is 7. The van der Waals surface area contributed by atoms with Gasteiger partial charge in [0.1, 0.15) is 0 Å². The summed E-state index contributed by atoms with van der Waals surface area (Å²) in [6.45, 7) is 6.39. The van der Waals surface area contributed by atoms with Crippen LogP contribution < -0.4 is 4.74 Å². The van der Waals surface area contributed by atoms with Crippen LogP contribution >= 0.6 is 0 Å². The van der Waals surface area contributed by atoms with Gasteiger partial charge in [-0.2, -0.15) is 4.31 Å². The van der Waals surface area contributed by atoms with Crippen molar-refractivity contribution in [3.63, 3.8) is 0 Å². The Kier molecular flexibility index (Phi) is 7.30. The number of aromatic nitrogens is 2. The van der Waals surface area contributed by atoms with Crippen LogP contribution in [0.1, 0.15) is 38.9 Å². The molecule has 0 bridgehead atoms. The number of likely N-dealkylation sites (tertiary alicyclic amines) is 1. The Labute approximate surface area is 178 Å². The smallest absolute Gasteiger partial charge is 0.410 e. The fourth-order valence-electron chi connectivity index (χ4n) is 3.48. The maximum absolute atomic E-state index is 11.9. The fourth-order valence-corrected chi connectivity index (χ4v) is 4.25. The zero-order valence-electron chi connectivity index (χ0n) is 17.8. The number of carbonyl (C=O) groups excluding carboxylic acids is 1. The molecule has 1 fully saturated rings. The highest BCUT2D eigenvalue weighted by molar-refractivity contribution is 7.88. The number of ether oxygens (including phenoxy) is 2. The average Bonchev–Trinajstić information content (AvgIpc) is 2.72. The van der Waals surface area contributed by atoms with E-state index in [1.807, 2.05) is 19.9 Å². The van der Waals surface area contributed by atoms with Crippen molar-refractivity contribution >= 4 is 21.7 Å². The van der Waals surface area contributed by atoms with Crippen molar-refractivity contribution in [1.29, 1.82) is 0 Å². The number of nitrogens with zero attached hydrogens (tertiary/aromatic N) is 4. The van der Waals surface area contributed by atoms with E-state index in [-0.39, 0.29) is 12.2 Å². The van der Waals surface area contributed by atoms with Gasteiger partial charge in [0.25, 0.3) is 0 Å². The highest BCUT2D eigenvalue weighted by Gasteiger charge is 2.25. The van der Waals surface area contributed by atoms with E-state index in [0.29, 0.717) is 56.7 Å². The molecule has 0 spiro atoms. The molecule has 166 valence electrons. The fraction of sp³-hybridized carbons (Fsp3) is 0.650. The highest BCUT2D eigenvalue weighted by Crippen LogP contribution is 2.23. The minimum absolute atomic E-state index is 0.107. The van der Waals surface area contributed by atoms with Crippen molar-refractivity contribution in [3.8, 4) is 5.75 Å². The topological polar surface area (TPSA) is 102 Å². The van der Waals surface area contributed by atoms with Crippen molar-refractivity contribution in [2.45, 2.75) is 39.2 Å². The van der Waals surface area contributed by atoms with E-state index in [4.69, 9.17) is 9.47 Å². The molecule has 0 saturated carbocycles. The van der Waals surface area contributed by atoms with E-state index in [1.165, 1.54) is 10.6 Å². The number of sulfonamides is 1. The summed E-state index contributed by atoms with van der Waals surface area (Å²) >= 11 is 0. The van der Waals surface area contributed by atoms with Gasteiger partial charge >= 0.3 is 6.09 Å². The summed E-state index contributed by atoms with van der Waals surface area (Å²) in [4.78, 5) is 22.4. The Hall–Kier alpha value is -2.20. The van der Waals surface area contributed by atoms with Gasteiger partial charge in [-0.1, -0.05) is 6.08 Å². The van der Waals surface area contributed by atoms with E-state index in [9.17, 15) is 13.2 Å². The van der Waals surface area contributed by atoms with E-state index >= 15 is 0 Å². The van der Waals surface area contributed by atoms with Gasteiger partial charge in [-0.15, -0.1) is 0 Å². The molecular weight excluding hydrogens is 408 g/mol. The first-order valence-corrected chi connectivity index (χ1v) is 12.1. The van der Waals surface area contributed by atoms with Crippen LogP contribution in [0.15, 0.2) is 18.5 Å². The second-order valence-corrected chi connectivity index (χ2v) is 10.00. The molecule has 0 aliphatic carbocycles. The lowest BCUT2D eigenvalue weighted by Gasteiger charge is -2.31. The van der Waals surface area contributed by atoms with Crippen molar-refractivity contribution in [3.05, 3.63) is 24.3 Å². The monoisotopic (exact) mass is 438 g/mol. The minimum atomic E-state index is -3.17. The Morgan fingerprint density at radius 3 is 2.40 bits per heavy atom. The lowest BCUT2D eigenvalue weighted by Crippen LogP contribution is -2.40. The first-order chi connectivity index (χ1) is 14.2. The largest absolute Gasteiger partial charge is 0.490 e. The van der Waals surface area contributed by atoms with Crippen LogP contribution in [-0.2, 0) is 14.8 Å². The SMILES string of the molecule is CC(C)OC(=O)N1CCC(COc2cnc(C3=CCN(S(C)(=O)=O)CC3)nc2)CC1. The predicted molar refractivity (Wildman–Crippen MR) is 112 cm³/mol. The molecule has 3 rings (SSSR count). The first-order valence-electron chi connectivity index (χ1n) is 10.3. The molecule has 0 aromatic carbocycles. The Balaban J connectivity index is 1.45. The quantitative estimate of drug-likeness (QED) is 0.671. The molecule has 0 atom stereocenters. The lowest BCUT2D eigenvalue weighted by molar-refractivity contribution is 0.0608. The second-order valence-electron chi connectivity index (χ2n) is 8.02. The van der Waals surface area contributed by atoms with E-state index in [1.54, 1.807) is 17.3 Å². The molecule has 1 saturated heterocycles. The van der Waals surface area contributed by atoms with Crippen LogP contribution in [0.2, 0.25) is 0 Å². The lowest BCUT2D eigenvalue weighted by atomic mass is 9.98. The van der Waals surface area contributed by atoms with E-state index < -0.39 is 10.0 Å². The molecule has 1 aromatic rings. The van der Waals surface area contributed by atoms with Gasteiger partial charge in [-0.25, -0.2) is 23.2 Å². The van der Waals surface area contributed by atoms with Crippen LogP contribution in [0.25, 0.3) is 5.57 Å². The van der Waals surface area contributed by atoms with Crippen LogP contribution in [0.3, 0.4) is 0 Å². The molecule has 1 amide bonds. The molecule has 3 heterocycles. The standard InChI is InChI=1S/C20H30N4O5S/c1-15(2)29-20(25)23-8-4-16(5-9-23)14-28-18-12-21-19(22-13-18)17-6-10-24(11-7-17)30(3,26)27/h6,12-13,15-16H,4-5,7-11,14H2,1-3H3. The third-order valence-corrected chi connectivity index (χ3v) is 6.52. The van der Waals surface area contributed by atoms with Gasteiger partial charge in [0.15, 0.2) is 11.6 Å². The summed E-state index contributed by atoms with van der Waals surface area (Å²) in [5, 5.41) is 0. The van der Waals surface area contributed by atoms with E-state index in [2.05, 4.69) is 9.97 Å². The first kappa shape index (κ1) is 22.5. The number of amides is 1. The molecule has 1 aromatic heterocycles. The van der Waals surface area contributed by atoms with Crippen molar-refractivity contribution in [1.82, 2.24) is 19.2 Å². The minimum Gasteiger partial charge on any atom is -0.490 e. The van der Waals surface area contributed by atoms with Crippen LogP contribution in [-0.4, -0.2) is 78.8 Å². The summed E-state index contributed by atoms with van der Waals surface area (Å²) in [6.07, 6.45) is 8.36. The zero-order valence-corrected chi connectivity index (χ0v) is 18.6. The Bertz CT molecular complexity index is 862. The number of hydrogen-bond donors (Lipinski definition) is 0. The van der Waals surface area contributed by atoms with Crippen LogP contribution in [0, 0.1) is 5.92 Å². The van der Waals surface area contributed by atoms with Crippen molar-refractivity contribution in [2.24, 2.45) is 5.92 Å². The third-order valence-electron chi connectivity index (χ3n) is 5.25. The van der Waals surface area contributed by atoms with Gasteiger partial charge in [0.2, 0.25) is 10.0 Å². The summed E-state index contributed by atoms with van der Waals surface area (Å²) in [7, 11) is -3.17. The maximum Gasteiger partial charge on any atom is 0.410 e. The van der Waals surface area contributed by atoms with E-state index in [0.717, 1.165) is 18.4 Å². The molecule has 9 nitrogen and oxygen atoms in total. The van der Waals surface area contributed by atoms with Crippen LogP contribution in [0.5, 0.6) is 5.75 Å². The molecule has 30 heavy (non-hydrogen) atoms. The summed E-state index contributed by atoms with van der Waals surface area (Å²) in [5.74, 6) is 1.58. The van der Waals surface area contributed by atoms with Crippen molar-refractivity contribution in [2.75, 3.05) is 39.0 Å². The molecular formula is C20H30N4O5S. The molecule has 0 N–H and O–H groups in total. The van der Waals surface area contributed by atoms with Gasteiger partial charge < -0.3 is 14.4 Å². The molecule has 0 radical (unpaired) electrons. The van der Waals surface area contributed by atoms with Gasteiger partial charge in [0, 0.05) is 26.2 Å². The average molecular weight is 439 g/mol. The third kappa shape index (κ3) is 6.15. The predicted octanol–water partition coefficient (Wildman–Crippen LogP) is 2.16. The zero-order chi connectivity index (χ0) is 21.7. The molecule has 0 unspecified atom stereocenters. The second kappa shape index (κ2) is 9.74. The van der Waals surface area contributed by atoms with Gasteiger partial charge in [-0.3, -0.25) is 0 Å². The Morgan fingerprint density at radius 1 is 1.20 bits per heavy atom. The van der Waals surface area contributed by atoms with Crippen molar-refractivity contribution < 1.29 is 22.7 Å². The van der Waals surface area contributed by atoms with Crippen LogP contribution in [0.4, 0.5) is 4.79 Å². The molecule has 2 aliphatic heterocycles. The number of rotatable bonds is 6. The highest BCUT2D eigenvalue weighted by atomic mass is 32.2. The van der Waals surface area contributed by atoms with Gasteiger partial charge in [0.05, 0.1) is 31.4 Å². The molecule has 2 aliphatic rings. The molecule has 10 heteroatoms. The Morgan fingerprint density at radius 2 is 1.87 bits per heavy atom. The van der Waals surface area contributed by atoms with Gasteiger partial charge in [-0.05, 0) is 44.6 Å². The summed E-state index contributed by atoms with van der Waals surface area (Å²) < 4.78 is 35.7. The number of piperidine rings is 1. The summed E-state index contributed by atoms with van der Waals surface area (Å²) in [6, 6.07) is 0. The number of carbonyl (C=O) groups is 1. The normalized spacial score (nSPS) is 18.9.